The molecule has 0 heterocycles. The van der Waals surface area contributed by atoms with Gasteiger partial charge in [-0.25, -0.2) is 0 Å². The third-order valence-corrected chi connectivity index (χ3v) is 2.91. The van der Waals surface area contributed by atoms with Gasteiger partial charge in [-0.05, 0) is 33.4 Å². The van der Waals surface area contributed by atoms with Crippen LogP contribution in [-0.4, -0.2) is 29.6 Å². The van der Waals surface area contributed by atoms with Crippen molar-refractivity contribution in [2.75, 3.05) is 13.1 Å². The number of rotatable bonds is 6. The van der Waals surface area contributed by atoms with E-state index in [0.717, 1.165) is 19.5 Å². The van der Waals surface area contributed by atoms with Crippen LogP contribution in [0.1, 0.15) is 34.1 Å². The van der Waals surface area contributed by atoms with Crippen LogP contribution >= 0.6 is 0 Å². The van der Waals surface area contributed by atoms with E-state index < -0.39 is 0 Å². The second-order valence-electron chi connectivity index (χ2n) is 3.96. The van der Waals surface area contributed by atoms with Gasteiger partial charge in [0.15, 0.2) is 0 Å². The smallest absolute Gasteiger partial charge is 0.0306 e. The van der Waals surface area contributed by atoms with Crippen LogP contribution in [0, 0.1) is 0 Å². The van der Waals surface area contributed by atoms with Crippen LogP contribution in [0.15, 0.2) is 12.7 Å². The molecule has 78 valence electrons. The van der Waals surface area contributed by atoms with Gasteiger partial charge >= 0.3 is 0 Å². The van der Waals surface area contributed by atoms with Crippen LogP contribution in [0.5, 0.6) is 0 Å². The molecule has 0 aliphatic heterocycles. The zero-order valence-electron chi connectivity index (χ0n) is 9.51. The number of nitrogens with zero attached hydrogens (tertiary/aromatic N) is 1. The standard InChI is InChI=1S/C11H24N2/c1-6-9-10(12)11(4,5)13(7-2)8-3/h6,10H,1,7-9,12H2,2-5H3. The molecule has 0 fully saturated rings. The van der Waals surface area contributed by atoms with Crippen molar-refractivity contribution < 1.29 is 0 Å². The summed E-state index contributed by atoms with van der Waals surface area (Å²) < 4.78 is 0. The van der Waals surface area contributed by atoms with Crippen molar-refractivity contribution in [1.29, 1.82) is 0 Å². The van der Waals surface area contributed by atoms with E-state index >= 15 is 0 Å². The van der Waals surface area contributed by atoms with Crippen molar-refractivity contribution in [2.45, 2.75) is 45.7 Å². The lowest BCUT2D eigenvalue weighted by molar-refractivity contribution is 0.107. The average Bonchev–Trinajstić information content (AvgIpc) is 2.06. The van der Waals surface area contributed by atoms with Gasteiger partial charge < -0.3 is 5.73 Å². The second kappa shape index (κ2) is 5.40. The Bertz CT molecular complexity index is 148. The van der Waals surface area contributed by atoms with Crippen molar-refractivity contribution in [1.82, 2.24) is 4.90 Å². The van der Waals surface area contributed by atoms with Crippen molar-refractivity contribution in [3.63, 3.8) is 0 Å². The predicted octanol–water partition coefficient (Wildman–Crippen LogP) is 2.01. The molecular weight excluding hydrogens is 160 g/mol. The molecular formula is C11H24N2. The fraction of sp³-hybridized carbons (Fsp3) is 0.818. The molecule has 2 N–H and O–H groups in total. The van der Waals surface area contributed by atoms with Crippen LogP contribution in [0.25, 0.3) is 0 Å². The molecule has 2 nitrogen and oxygen atoms in total. The van der Waals surface area contributed by atoms with Crippen LogP contribution in [0.3, 0.4) is 0 Å². The van der Waals surface area contributed by atoms with E-state index in [4.69, 9.17) is 5.73 Å². The first-order chi connectivity index (χ1) is 6.00. The maximum absolute atomic E-state index is 6.10. The Labute approximate surface area is 82.8 Å². The lowest BCUT2D eigenvalue weighted by Gasteiger charge is -2.41. The van der Waals surface area contributed by atoms with Crippen molar-refractivity contribution >= 4 is 0 Å². The van der Waals surface area contributed by atoms with E-state index in [9.17, 15) is 0 Å². The molecule has 0 aliphatic carbocycles. The van der Waals surface area contributed by atoms with Gasteiger partial charge in [0.25, 0.3) is 0 Å². The summed E-state index contributed by atoms with van der Waals surface area (Å²) in [4.78, 5) is 2.39. The third-order valence-electron chi connectivity index (χ3n) is 2.91. The monoisotopic (exact) mass is 184 g/mol. The number of hydrogen-bond donors (Lipinski definition) is 1. The highest BCUT2D eigenvalue weighted by Crippen LogP contribution is 2.19. The first-order valence-electron chi connectivity index (χ1n) is 5.12. The zero-order valence-corrected chi connectivity index (χ0v) is 9.51. The Morgan fingerprint density at radius 1 is 1.38 bits per heavy atom. The Morgan fingerprint density at radius 2 is 1.85 bits per heavy atom. The van der Waals surface area contributed by atoms with Crippen LogP contribution in [-0.2, 0) is 0 Å². The first kappa shape index (κ1) is 12.7. The topological polar surface area (TPSA) is 29.3 Å². The summed E-state index contributed by atoms with van der Waals surface area (Å²) in [7, 11) is 0. The van der Waals surface area contributed by atoms with E-state index in [-0.39, 0.29) is 11.6 Å². The molecule has 0 saturated heterocycles. The van der Waals surface area contributed by atoms with E-state index in [2.05, 4.69) is 39.2 Å². The molecule has 0 rings (SSSR count). The SMILES string of the molecule is C=CCC(N)C(C)(C)N(CC)CC. The fourth-order valence-corrected chi connectivity index (χ4v) is 1.74. The van der Waals surface area contributed by atoms with E-state index in [1.165, 1.54) is 0 Å². The third kappa shape index (κ3) is 3.12. The van der Waals surface area contributed by atoms with Gasteiger partial charge in [0.05, 0.1) is 0 Å². The quantitative estimate of drug-likeness (QED) is 0.640. The van der Waals surface area contributed by atoms with Gasteiger partial charge in [-0.3, -0.25) is 4.90 Å². The predicted molar refractivity (Wildman–Crippen MR) is 59.8 cm³/mol. The highest BCUT2D eigenvalue weighted by molar-refractivity contribution is 4.94. The maximum Gasteiger partial charge on any atom is 0.0306 e. The second-order valence-corrected chi connectivity index (χ2v) is 3.96. The Hall–Kier alpha value is -0.340. The van der Waals surface area contributed by atoms with Gasteiger partial charge in [0.2, 0.25) is 0 Å². The van der Waals surface area contributed by atoms with Gasteiger partial charge in [0, 0.05) is 11.6 Å². The maximum atomic E-state index is 6.10. The highest BCUT2D eigenvalue weighted by Gasteiger charge is 2.30. The van der Waals surface area contributed by atoms with Crippen molar-refractivity contribution in [2.24, 2.45) is 5.73 Å². The molecule has 0 spiro atoms. The lowest BCUT2D eigenvalue weighted by atomic mass is 9.90. The van der Waals surface area contributed by atoms with E-state index in [1.54, 1.807) is 0 Å². The summed E-state index contributed by atoms with van der Waals surface area (Å²) in [6.45, 7) is 14.6. The summed E-state index contributed by atoms with van der Waals surface area (Å²) >= 11 is 0. The molecule has 2 heteroatoms. The van der Waals surface area contributed by atoms with E-state index in [1.807, 2.05) is 6.08 Å². The summed E-state index contributed by atoms with van der Waals surface area (Å²) in [6.07, 6.45) is 2.78. The zero-order chi connectivity index (χ0) is 10.5. The Morgan fingerprint density at radius 3 is 2.15 bits per heavy atom. The number of hydrogen-bond acceptors (Lipinski definition) is 2. The minimum Gasteiger partial charge on any atom is -0.326 e. The molecule has 0 radical (unpaired) electrons. The summed E-state index contributed by atoms with van der Waals surface area (Å²) in [5, 5.41) is 0. The molecule has 1 unspecified atom stereocenters. The van der Waals surface area contributed by atoms with E-state index in [0.29, 0.717) is 0 Å². The lowest BCUT2D eigenvalue weighted by Crippen LogP contribution is -2.55. The van der Waals surface area contributed by atoms with Gasteiger partial charge in [-0.2, -0.15) is 0 Å². The van der Waals surface area contributed by atoms with Crippen LogP contribution < -0.4 is 5.73 Å². The van der Waals surface area contributed by atoms with Gasteiger partial charge in [0.1, 0.15) is 0 Å². The summed E-state index contributed by atoms with van der Waals surface area (Å²) in [6, 6.07) is 0.171. The molecule has 0 amide bonds. The number of nitrogens with two attached hydrogens (primary N) is 1. The Balaban J connectivity index is 4.40. The molecule has 0 aromatic heterocycles. The normalized spacial score (nSPS) is 14.6. The minimum atomic E-state index is 0.0672. The largest absolute Gasteiger partial charge is 0.326 e. The average molecular weight is 184 g/mol. The van der Waals surface area contributed by atoms with Crippen LogP contribution in [0.2, 0.25) is 0 Å². The van der Waals surface area contributed by atoms with Crippen molar-refractivity contribution in [3.05, 3.63) is 12.7 Å². The minimum absolute atomic E-state index is 0.0672. The molecule has 0 bridgehead atoms. The van der Waals surface area contributed by atoms with Gasteiger partial charge in [-0.1, -0.05) is 19.9 Å². The molecule has 1 atom stereocenters. The van der Waals surface area contributed by atoms with Gasteiger partial charge in [-0.15, -0.1) is 6.58 Å². The first-order valence-corrected chi connectivity index (χ1v) is 5.12. The summed E-state index contributed by atoms with van der Waals surface area (Å²) in [5.74, 6) is 0. The van der Waals surface area contributed by atoms with Crippen molar-refractivity contribution in [3.8, 4) is 0 Å². The molecule has 0 aliphatic rings. The fourth-order valence-electron chi connectivity index (χ4n) is 1.74. The molecule has 0 saturated carbocycles. The molecule has 0 aromatic rings. The number of likely N-dealkylation sites (N-methyl/N-ethyl adjacent to an activating group) is 1. The Kier molecular flexibility index (Phi) is 5.26. The highest BCUT2D eigenvalue weighted by atomic mass is 15.2. The van der Waals surface area contributed by atoms with Crippen LogP contribution in [0.4, 0.5) is 0 Å². The summed E-state index contributed by atoms with van der Waals surface area (Å²) in [5.41, 5.74) is 6.17. The molecule has 13 heavy (non-hydrogen) atoms. The molecule has 0 aromatic carbocycles.